The van der Waals surface area contributed by atoms with E-state index in [2.05, 4.69) is 25.5 Å². The first-order valence-electron chi connectivity index (χ1n) is 5.63. The molecule has 0 bridgehead atoms. The van der Waals surface area contributed by atoms with Gasteiger partial charge >= 0.3 is 11.9 Å². The number of hydrogen-bond donors (Lipinski definition) is 0. The Balaban J connectivity index is 2.52. The average Bonchev–Trinajstić information content (AvgIpc) is 2.39. The van der Waals surface area contributed by atoms with Gasteiger partial charge in [-0.05, 0) is 18.3 Å². The van der Waals surface area contributed by atoms with Crippen molar-refractivity contribution in [1.82, 2.24) is 0 Å². The summed E-state index contributed by atoms with van der Waals surface area (Å²) in [6, 6.07) is 0. The van der Waals surface area contributed by atoms with Crippen molar-refractivity contribution in [2.75, 3.05) is 0 Å². The van der Waals surface area contributed by atoms with E-state index >= 15 is 0 Å². The van der Waals surface area contributed by atoms with Crippen LogP contribution in [0.4, 0.5) is 0 Å². The smallest absolute Gasteiger partial charge is 0.317 e. The number of hydrogen-bond acceptors (Lipinski definition) is 3. The molecule has 1 fully saturated rings. The molecule has 2 atom stereocenters. The maximum absolute atomic E-state index is 11.4. The molecule has 0 amide bonds. The molecule has 15 heavy (non-hydrogen) atoms. The van der Waals surface area contributed by atoms with Crippen molar-refractivity contribution in [1.29, 1.82) is 0 Å². The highest BCUT2D eigenvalue weighted by molar-refractivity contribution is 5.96. The van der Waals surface area contributed by atoms with Crippen LogP contribution in [0.25, 0.3) is 0 Å². The van der Waals surface area contributed by atoms with Crippen LogP contribution in [0.2, 0.25) is 0 Å². The van der Waals surface area contributed by atoms with Gasteiger partial charge in [0.05, 0.1) is 11.8 Å². The Morgan fingerprint density at radius 3 is 2.27 bits per heavy atom. The van der Waals surface area contributed by atoms with Crippen LogP contribution in [-0.4, -0.2) is 11.9 Å². The van der Waals surface area contributed by atoms with E-state index in [9.17, 15) is 9.59 Å². The fourth-order valence-electron chi connectivity index (χ4n) is 1.73. The lowest BCUT2D eigenvalue weighted by Gasteiger charge is -2.23. The molecular formula is C12H20O3. The van der Waals surface area contributed by atoms with Crippen molar-refractivity contribution in [3.63, 3.8) is 0 Å². The lowest BCUT2D eigenvalue weighted by atomic mass is 9.80. The summed E-state index contributed by atoms with van der Waals surface area (Å²) in [4.78, 5) is 22.5. The number of ether oxygens (including phenoxy) is 1. The zero-order valence-electron chi connectivity index (χ0n) is 10.0. The van der Waals surface area contributed by atoms with Gasteiger partial charge in [0.15, 0.2) is 0 Å². The molecule has 1 heterocycles. The van der Waals surface area contributed by atoms with Gasteiger partial charge in [-0.25, -0.2) is 0 Å². The number of cyclic esters (lactones) is 2. The van der Waals surface area contributed by atoms with Crippen LogP contribution in [-0.2, 0) is 14.3 Å². The fourth-order valence-corrected chi connectivity index (χ4v) is 1.73. The Bertz CT molecular complexity index is 268. The van der Waals surface area contributed by atoms with Gasteiger partial charge in [-0.2, -0.15) is 0 Å². The molecule has 3 nitrogen and oxygen atoms in total. The van der Waals surface area contributed by atoms with Gasteiger partial charge in [0.1, 0.15) is 0 Å². The average molecular weight is 212 g/mol. The first kappa shape index (κ1) is 12.2. The van der Waals surface area contributed by atoms with Crippen molar-refractivity contribution >= 4 is 11.9 Å². The minimum Gasteiger partial charge on any atom is -0.393 e. The Hall–Kier alpha value is -0.860. The Kier molecular flexibility index (Phi) is 3.53. The second-order valence-corrected chi connectivity index (χ2v) is 5.19. The van der Waals surface area contributed by atoms with Crippen LogP contribution in [0.15, 0.2) is 0 Å². The summed E-state index contributed by atoms with van der Waals surface area (Å²) < 4.78 is 4.61. The topological polar surface area (TPSA) is 43.4 Å². The van der Waals surface area contributed by atoms with E-state index in [1.54, 1.807) is 6.92 Å². The summed E-state index contributed by atoms with van der Waals surface area (Å²) in [7, 11) is 0. The van der Waals surface area contributed by atoms with E-state index in [4.69, 9.17) is 0 Å². The third-order valence-corrected chi connectivity index (χ3v) is 3.57. The number of carbonyl (C=O) groups is 2. The van der Waals surface area contributed by atoms with Gasteiger partial charge in [0.2, 0.25) is 0 Å². The second kappa shape index (κ2) is 4.33. The zero-order chi connectivity index (χ0) is 11.6. The summed E-state index contributed by atoms with van der Waals surface area (Å²) in [5, 5.41) is 0. The Labute approximate surface area is 91.2 Å². The molecule has 1 aliphatic rings. The van der Waals surface area contributed by atoms with Gasteiger partial charge in [0, 0.05) is 0 Å². The number of carbonyl (C=O) groups excluding carboxylic acids is 2. The highest BCUT2D eigenvalue weighted by atomic mass is 16.6. The van der Waals surface area contributed by atoms with Crippen LogP contribution in [0.5, 0.6) is 0 Å². The molecule has 0 N–H and O–H groups in total. The molecule has 0 saturated carbocycles. The Morgan fingerprint density at radius 1 is 1.27 bits per heavy atom. The van der Waals surface area contributed by atoms with Gasteiger partial charge < -0.3 is 4.74 Å². The van der Waals surface area contributed by atoms with E-state index in [1.165, 1.54) is 0 Å². The fraction of sp³-hybridized carbons (Fsp3) is 0.833. The summed E-state index contributed by atoms with van der Waals surface area (Å²) >= 11 is 0. The molecular weight excluding hydrogens is 192 g/mol. The van der Waals surface area contributed by atoms with Crippen molar-refractivity contribution in [3.05, 3.63) is 0 Å². The molecule has 0 aliphatic carbocycles. The summed E-state index contributed by atoms with van der Waals surface area (Å²) in [5.74, 6) is -1.17. The molecule has 0 spiro atoms. The molecule has 2 unspecified atom stereocenters. The standard InChI is InChI=1S/C12H20O3/c1-5-12(3,4)7-6-9-8(2)10(13)15-11(9)14/h8-9H,5-7H2,1-4H3. The quantitative estimate of drug-likeness (QED) is 0.531. The molecule has 1 saturated heterocycles. The summed E-state index contributed by atoms with van der Waals surface area (Å²) in [6.45, 7) is 8.28. The van der Waals surface area contributed by atoms with E-state index in [0.717, 1.165) is 19.3 Å². The van der Waals surface area contributed by atoms with Crippen molar-refractivity contribution in [2.24, 2.45) is 17.3 Å². The largest absolute Gasteiger partial charge is 0.393 e. The van der Waals surface area contributed by atoms with Crippen LogP contribution < -0.4 is 0 Å². The minimum atomic E-state index is -0.362. The van der Waals surface area contributed by atoms with Crippen LogP contribution in [0.1, 0.15) is 47.0 Å². The third kappa shape index (κ3) is 2.80. The normalized spacial score (nSPS) is 26.9. The van der Waals surface area contributed by atoms with Crippen LogP contribution in [0, 0.1) is 17.3 Å². The molecule has 1 aliphatic heterocycles. The molecule has 0 aromatic carbocycles. The molecule has 3 heteroatoms. The lowest BCUT2D eigenvalue weighted by Crippen LogP contribution is -2.19. The van der Waals surface area contributed by atoms with E-state index in [1.807, 2.05) is 0 Å². The maximum Gasteiger partial charge on any atom is 0.317 e. The van der Waals surface area contributed by atoms with Crippen molar-refractivity contribution < 1.29 is 14.3 Å². The van der Waals surface area contributed by atoms with Gasteiger partial charge in [-0.15, -0.1) is 0 Å². The van der Waals surface area contributed by atoms with Gasteiger partial charge in [-0.1, -0.05) is 34.1 Å². The molecule has 1 rings (SSSR count). The highest BCUT2D eigenvalue weighted by Crippen LogP contribution is 2.33. The SMILES string of the molecule is CCC(C)(C)CCC1C(=O)OC(=O)C1C. The number of esters is 2. The van der Waals surface area contributed by atoms with Crippen molar-refractivity contribution in [2.45, 2.75) is 47.0 Å². The monoisotopic (exact) mass is 212 g/mol. The predicted octanol–water partition coefficient (Wildman–Crippen LogP) is 2.54. The van der Waals surface area contributed by atoms with Crippen LogP contribution in [0.3, 0.4) is 0 Å². The lowest BCUT2D eigenvalue weighted by molar-refractivity contribution is -0.153. The van der Waals surface area contributed by atoms with E-state index in [-0.39, 0.29) is 29.2 Å². The van der Waals surface area contributed by atoms with Gasteiger partial charge in [-0.3, -0.25) is 9.59 Å². The third-order valence-electron chi connectivity index (χ3n) is 3.57. The van der Waals surface area contributed by atoms with Crippen LogP contribution >= 0.6 is 0 Å². The minimum absolute atomic E-state index is 0.219. The first-order chi connectivity index (χ1) is 6.87. The summed E-state index contributed by atoms with van der Waals surface area (Å²) in [6.07, 6.45) is 2.80. The van der Waals surface area contributed by atoms with E-state index in [0.29, 0.717) is 0 Å². The summed E-state index contributed by atoms with van der Waals surface area (Å²) in [5.41, 5.74) is 0.242. The van der Waals surface area contributed by atoms with Gasteiger partial charge in [0.25, 0.3) is 0 Å². The second-order valence-electron chi connectivity index (χ2n) is 5.19. The zero-order valence-corrected chi connectivity index (χ0v) is 10.0. The molecule has 86 valence electrons. The van der Waals surface area contributed by atoms with E-state index < -0.39 is 0 Å². The predicted molar refractivity (Wildman–Crippen MR) is 57.1 cm³/mol. The first-order valence-corrected chi connectivity index (χ1v) is 5.63. The maximum atomic E-state index is 11.4. The van der Waals surface area contributed by atoms with Crippen molar-refractivity contribution in [3.8, 4) is 0 Å². The highest BCUT2D eigenvalue weighted by Gasteiger charge is 2.41. The molecule has 0 radical (unpaired) electrons. The molecule has 0 aromatic rings. The Morgan fingerprint density at radius 2 is 1.87 bits per heavy atom. The number of rotatable bonds is 4. The molecule has 0 aromatic heterocycles.